The van der Waals surface area contributed by atoms with Gasteiger partial charge < -0.3 is 3.85 Å². The lowest BCUT2D eigenvalue weighted by Gasteiger charge is -1.70. The van der Waals surface area contributed by atoms with Crippen LogP contribution in [0.1, 0.15) is 0 Å². The van der Waals surface area contributed by atoms with Crippen LogP contribution in [0.2, 0.25) is 0 Å². The summed E-state index contributed by atoms with van der Waals surface area (Å²) in [5.41, 5.74) is 0. The summed E-state index contributed by atoms with van der Waals surface area (Å²) in [6, 6.07) is 0. The molecule has 1 nitrogen and oxygen atoms in total. The van der Waals surface area contributed by atoms with Crippen molar-refractivity contribution in [3.63, 3.8) is 0 Å². The van der Waals surface area contributed by atoms with Gasteiger partial charge in [-0.1, -0.05) is 0 Å². The lowest BCUT2D eigenvalue weighted by atomic mass is 11.1. The molecular weight excluding hydrogens is 152 g/mol. The molecule has 0 fully saturated rings. The molecule has 0 aliphatic rings. The fourth-order valence-corrected chi connectivity index (χ4v) is 0.167. The Balaban J connectivity index is 0.000000160. The summed E-state index contributed by atoms with van der Waals surface area (Å²) in [4.78, 5) is 0. The van der Waals surface area contributed by atoms with Crippen molar-refractivity contribution in [2.24, 2.45) is 0 Å². The molecule has 0 saturated heterocycles. The summed E-state index contributed by atoms with van der Waals surface area (Å²) in [6.45, 7) is 0. The van der Waals surface area contributed by atoms with Crippen LogP contribution in [-0.4, -0.2) is 0 Å². The second-order valence-corrected chi connectivity index (χ2v) is 1.12. The third-order valence-electron chi connectivity index (χ3n) is 0.222. The second-order valence-electron chi connectivity index (χ2n) is 0.465. The first-order valence-electron chi connectivity index (χ1n) is 0.971. The SMILES string of the molecule is Br.c1cso1. The Morgan fingerprint density at radius 2 is 1.80 bits per heavy atom. The van der Waals surface area contributed by atoms with Crippen LogP contribution in [0.15, 0.2) is 15.5 Å². The molecule has 3 heteroatoms. The van der Waals surface area contributed by atoms with Crippen LogP contribution in [-0.2, 0) is 0 Å². The highest BCUT2D eigenvalue weighted by Gasteiger charge is 1.61. The van der Waals surface area contributed by atoms with Gasteiger partial charge in [-0.3, -0.25) is 0 Å². The first-order chi connectivity index (χ1) is 2.00. The minimum absolute atomic E-state index is 0. The van der Waals surface area contributed by atoms with Crippen LogP contribution in [0.25, 0.3) is 0 Å². The van der Waals surface area contributed by atoms with Gasteiger partial charge >= 0.3 is 0 Å². The van der Waals surface area contributed by atoms with Gasteiger partial charge in [0, 0.05) is 11.6 Å². The van der Waals surface area contributed by atoms with Gasteiger partial charge in [-0.2, -0.15) is 0 Å². The smallest absolute Gasteiger partial charge is 0.120 e. The summed E-state index contributed by atoms with van der Waals surface area (Å²) in [5.74, 6) is 0. The van der Waals surface area contributed by atoms with E-state index in [-0.39, 0.29) is 17.0 Å². The first kappa shape index (κ1) is 5.24. The van der Waals surface area contributed by atoms with E-state index in [9.17, 15) is 0 Å². The highest BCUT2D eigenvalue weighted by Crippen LogP contribution is 1.93. The van der Waals surface area contributed by atoms with Crippen LogP contribution in [0.5, 0.6) is 0 Å². The number of rotatable bonds is 0. The largest absolute Gasteiger partial charge is 0.409 e. The van der Waals surface area contributed by atoms with Gasteiger partial charge in [0.15, 0.2) is 0 Å². The van der Waals surface area contributed by atoms with Gasteiger partial charge in [-0.25, -0.2) is 0 Å². The Labute approximate surface area is 44.6 Å². The van der Waals surface area contributed by atoms with Crippen LogP contribution >= 0.6 is 28.6 Å². The van der Waals surface area contributed by atoms with Gasteiger partial charge in [0.2, 0.25) is 0 Å². The van der Waals surface area contributed by atoms with Crippen LogP contribution in [0, 0.1) is 0 Å². The van der Waals surface area contributed by atoms with Crippen molar-refractivity contribution in [3.8, 4) is 0 Å². The standard InChI is InChI=1S/C2H2OS.BrH/c1-2-4-3-1;/h1-2H;1H. The molecule has 0 saturated carbocycles. The van der Waals surface area contributed by atoms with Crippen LogP contribution < -0.4 is 0 Å². The molecule has 0 unspecified atom stereocenters. The predicted molar refractivity (Wildman–Crippen MR) is 26.9 cm³/mol. The highest BCUT2D eigenvalue weighted by atomic mass is 79.9. The second kappa shape index (κ2) is 2.48. The molecule has 0 atom stereocenters. The van der Waals surface area contributed by atoms with Crippen molar-refractivity contribution in [3.05, 3.63) is 11.6 Å². The summed E-state index contributed by atoms with van der Waals surface area (Å²) in [6.07, 6.45) is 1.64. The van der Waals surface area contributed by atoms with Crippen molar-refractivity contribution >= 4 is 28.6 Å². The average Bonchev–Trinajstić information content (AvgIpc) is 0.722. The van der Waals surface area contributed by atoms with E-state index in [1.165, 1.54) is 11.6 Å². The molecule has 5 heavy (non-hydrogen) atoms. The van der Waals surface area contributed by atoms with E-state index in [4.69, 9.17) is 0 Å². The van der Waals surface area contributed by atoms with E-state index in [0.717, 1.165) is 0 Å². The monoisotopic (exact) mass is 154 g/mol. The van der Waals surface area contributed by atoms with E-state index < -0.39 is 0 Å². The maximum Gasteiger partial charge on any atom is 0.120 e. The molecule has 0 aromatic carbocycles. The molecule has 30 valence electrons. The quantitative estimate of drug-likeness (QED) is 0.557. The predicted octanol–water partition coefficient (Wildman–Crippen LogP) is 1.92. The third kappa shape index (κ3) is 1.18. The van der Waals surface area contributed by atoms with Crippen molar-refractivity contribution in [2.45, 2.75) is 0 Å². The zero-order valence-corrected chi connectivity index (χ0v) is 4.91. The summed E-state index contributed by atoms with van der Waals surface area (Å²) >= 11 is 1.36. The van der Waals surface area contributed by atoms with E-state index in [2.05, 4.69) is 3.85 Å². The van der Waals surface area contributed by atoms with Crippen molar-refractivity contribution in [1.29, 1.82) is 0 Å². The molecule has 0 bridgehead atoms. The molecule has 0 aliphatic carbocycles. The molecule has 0 radical (unpaired) electrons. The number of halogens is 1. The number of hydrogen-bond donors (Lipinski definition) is 0. The Morgan fingerprint density at radius 1 is 1.60 bits per heavy atom. The molecule has 1 aromatic heterocycles. The Bertz CT molecular complexity index is 51.4. The lowest BCUT2D eigenvalue weighted by Crippen LogP contribution is -1.38. The molecule has 0 aliphatic heterocycles. The molecule has 0 amide bonds. The zero-order valence-electron chi connectivity index (χ0n) is 2.38. The molecule has 0 spiro atoms. The van der Waals surface area contributed by atoms with Gasteiger partial charge in [0.1, 0.15) is 6.26 Å². The van der Waals surface area contributed by atoms with E-state index in [1.807, 2.05) is 5.38 Å². The fourth-order valence-electron chi connectivity index (χ4n) is 0.0556. The van der Waals surface area contributed by atoms with Crippen LogP contribution in [0.3, 0.4) is 0 Å². The minimum Gasteiger partial charge on any atom is -0.409 e. The highest BCUT2D eigenvalue weighted by molar-refractivity contribution is 8.93. The van der Waals surface area contributed by atoms with Gasteiger partial charge in [-0.15, -0.1) is 17.0 Å². The molecule has 0 N–H and O–H groups in total. The lowest BCUT2D eigenvalue weighted by molar-refractivity contribution is 0.666. The summed E-state index contributed by atoms with van der Waals surface area (Å²) in [7, 11) is 0. The topological polar surface area (TPSA) is 13.1 Å². The minimum atomic E-state index is 0. The molecule has 1 heterocycles. The molecule has 1 rings (SSSR count). The van der Waals surface area contributed by atoms with Gasteiger partial charge in [-0.05, 0) is 0 Å². The maximum absolute atomic E-state index is 4.46. The van der Waals surface area contributed by atoms with Gasteiger partial charge in [0.05, 0.1) is 5.38 Å². The zero-order chi connectivity index (χ0) is 2.83. The summed E-state index contributed by atoms with van der Waals surface area (Å²) in [5, 5.41) is 1.88. The van der Waals surface area contributed by atoms with Crippen molar-refractivity contribution in [1.82, 2.24) is 0 Å². The summed E-state index contributed by atoms with van der Waals surface area (Å²) < 4.78 is 4.46. The van der Waals surface area contributed by atoms with Crippen molar-refractivity contribution < 1.29 is 3.85 Å². The van der Waals surface area contributed by atoms with Crippen molar-refractivity contribution in [2.75, 3.05) is 0 Å². The average molecular weight is 155 g/mol. The Hall–Kier alpha value is 0.240. The maximum atomic E-state index is 4.46. The number of hydrogen-bond acceptors (Lipinski definition) is 2. The van der Waals surface area contributed by atoms with E-state index in [1.54, 1.807) is 6.26 Å². The first-order valence-corrected chi connectivity index (χ1v) is 1.78. The Kier molecular flexibility index (Phi) is 2.59. The van der Waals surface area contributed by atoms with Gasteiger partial charge in [0.25, 0.3) is 0 Å². The molecular formula is C2H3BrOS. The normalized spacial score (nSPS) is 6.40. The van der Waals surface area contributed by atoms with E-state index >= 15 is 0 Å². The van der Waals surface area contributed by atoms with Crippen LogP contribution in [0.4, 0.5) is 0 Å². The Morgan fingerprint density at radius 3 is 1.80 bits per heavy atom. The third-order valence-corrected chi connectivity index (χ3v) is 0.667. The molecule has 1 aromatic rings. The fraction of sp³-hybridized carbons (Fsp3) is 0. The van der Waals surface area contributed by atoms with E-state index in [0.29, 0.717) is 0 Å².